The van der Waals surface area contributed by atoms with Gasteiger partial charge in [0.1, 0.15) is 0 Å². The van der Waals surface area contributed by atoms with Crippen LogP contribution in [0.25, 0.3) is 0 Å². The minimum Gasteiger partial charge on any atom is -0.332 e. The maximum Gasteiger partial charge on any atom is 0.319 e. The van der Waals surface area contributed by atoms with E-state index in [0.29, 0.717) is 6.54 Å². The van der Waals surface area contributed by atoms with E-state index in [0.717, 1.165) is 30.5 Å². The predicted molar refractivity (Wildman–Crippen MR) is 73.4 cm³/mol. The third-order valence-electron chi connectivity index (χ3n) is 3.79. The molecule has 0 aliphatic heterocycles. The Hall–Kier alpha value is -1.55. The van der Waals surface area contributed by atoms with E-state index in [2.05, 4.69) is 17.6 Å². The number of rotatable bonds is 4. The fourth-order valence-electron chi connectivity index (χ4n) is 2.35. The summed E-state index contributed by atoms with van der Waals surface area (Å²) in [5.41, 5.74) is 7.41. The molecule has 0 heterocycles. The number of carbonyl (C=O) groups is 1. The number of urea groups is 1. The van der Waals surface area contributed by atoms with Gasteiger partial charge in [0.15, 0.2) is 0 Å². The average Bonchev–Trinajstić information content (AvgIpc) is 2.34. The molecule has 0 aromatic heterocycles. The fourth-order valence-corrected chi connectivity index (χ4v) is 2.35. The lowest BCUT2D eigenvalue weighted by atomic mass is 9.75. The van der Waals surface area contributed by atoms with E-state index in [-0.39, 0.29) is 11.6 Å². The Morgan fingerprint density at radius 1 is 1.44 bits per heavy atom. The van der Waals surface area contributed by atoms with E-state index in [1.165, 1.54) is 6.42 Å². The summed E-state index contributed by atoms with van der Waals surface area (Å²) in [6.07, 6.45) is 4.36. The zero-order valence-electron chi connectivity index (χ0n) is 10.8. The highest BCUT2D eigenvalue weighted by Crippen LogP contribution is 2.34. The fraction of sp³-hybridized carbons (Fsp3) is 0.500. The molecule has 1 saturated carbocycles. The zero-order chi connectivity index (χ0) is 13.0. The Labute approximate surface area is 108 Å². The zero-order valence-corrected chi connectivity index (χ0v) is 10.8. The van der Waals surface area contributed by atoms with Crippen molar-refractivity contribution in [3.05, 3.63) is 29.8 Å². The second-order valence-corrected chi connectivity index (χ2v) is 4.97. The van der Waals surface area contributed by atoms with Crippen molar-refractivity contribution < 1.29 is 4.79 Å². The number of benzene rings is 1. The third-order valence-corrected chi connectivity index (χ3v) is 3.79. The van der Waals surface area contributed by atoms with Crippen LogP contribution in [0.1, 0.15) is 38.2 Å². The van der Waals surface area contributed by atoms with Crippen LogP contribution in [0.4, 0.5) is 10.5 Å². The SMILES string of the molecule is CCC1(NC(=O)Nc2cccc(CN)c2)CCC1. The standard InChI is InChI=1S/C14H21N3O/c1-2-14(7-4-8-14)17-13(18)16-12-6-3-5-11(9-12)10-15/h3,5-6,9H,2,4,7-8,10,15H2,1H3,(H2,16,17,18). The van der Waals surface area contributed by atoms with Gasteiger partial charge in [0.2, 0.25) is 0 Å². The van der Waals surface area contributed by atoms with Crippen LogP contribution in [0.15, 0.2) is 24.3 Å². The van der Waals surface area contributed by atoms with Gasteiger partial charge in [-0.3, -0.25) is 0 Å². The van der Waals surface area contributed by atoms with Gasteiger partial charge in [-0.1, -0.05) is 19.1 Å². The molecule has 1 fully saturated rings. The molecular formula is C14H21N3O. The van der Waals surface area contributed by atoms with Crippen LogP contribution in [0.3, 0.4) is 0 Å². The smallest absolute Gasteiger partial charge is 0.319 e. The molecule has 18 heavy (non-hydrogen) atoms. The van der Waals surface area contributed by atoms with Gasteiger partial charge < -0.3 is 16.4 Å². The summed E-state index contributed by atoms with van der Waals surface area (Å²) in [5.74, 6) is 0. The second kappa shape index (κ2) is 5.40. The normalized spacial score (nSPS) is 16.8. The van der Waals surface area contributed by atoms with Crippen LogP contribution in [0.5, 0.6) is 0 Å². The molecule has 2 rings (SSSR count). The lowest BCUT2D eigenvalue weighted by Gasteiger charge is -2.41. The third kappa shape index (κ3) is 2.82. The lowest BCUT2D eigenvalue weighted by molar-refractivity contribution is 0.179. The first kappa shape index (κ1) is 12.9. The van der Waals surface area contributed by atoms with E-state index >= 15 is 0 Å². The molecule has 4 nitrogen and oxygen atoms in total. The van der Waals surface area contributed by atoms with Crippen molar-refractivity contribution in [2.75, 3.05) is 5.32 Å². The number of hydrogen-bond donors (Lipinski definition) is 3. The number of hydrogen-bond acceptors (Lipinski definition) is 2. The van der Waals surface area contributed by atoms with Gasteiger partial charge in [-0.2, -0.15) is 0 Å². The molecule has 4 heteroatoms. The van der Waals surface area contributed by atoms with Crippen molar-refractivity contribution in [2.45, 2.75) is 44.7 Å². The highest BCUT2D eigenvalue weighted by Gasteiger charge is 2.36. The van der Waals surface area contributed by atoms with Crippen LogP contribution in [0, 0.1) is 0 Å². The van der Waals surface area contributed by atoms with Gasteiger partial charge in [0.25, 0.3) is 0 Å². The van der Waals surface area contributed by atoms with Crippen molar-refractivity contribution >= 4 is 11.7 Å². The van der Waals surface area contributed by atoms with Gasteiger partial charge >= 0.3 is 6.03 Å². The molecule has 1 aliphatic carbocycles. The second-order valence-electron chi connectivity index (χ2n) is 4.97. The minimum atomic E-state index is -0.120. The molecule has 1 aliphatic rings. The highest BCUT2D eigenvalue weighted by atomic mass is 16.2. The molecular weight excluding hydrogens is 226 g/mol. The molecule has 0 bridgehead atoms. The van der Waals surface area contributed by atoms with E-state index < -0.39 is 0 Å². The summed E-state index contributed by atoms with van der Waals surface area (Å²) >= 11 is 0. The summed E-state index contributed by atoms with van der Waals surface area (Å²) in [6, 6.07) is 7.50. The Bertz CT molecular complexity index is 421. The Kier molecular flexibility index (Phi) is 3.87. The van der Waals surface area contributed by atoms with Gasteiger partial charge in [0, 0.05) is 17.8 Å². The molecule has 0 unspecified atom stereocenters. The van der Waals surface area contributed by atoms with Gasteiger partial charge in [0.05, 0.1) is 0 Å². The van der Waals surface area contributed by atoms with Crippen molar-refractivity contribution in [1.29, 1.82) is 0 Å². The quantitative estimate of drug-likeness (QED) is 0.765. The van der Waals surface area contributed by atoms with Gasteiger partial charge in [-0.25, -0.2) is 4.79 Å². The van der Waals surface area contributed by atoms with E-state index in [1.54, 1.807) is 0 Å². The molecule has 0 spiro atoms. The maximum atomic E-state index is 11.9. The summed E-state index contributed by atoms with van der Waals surface area (Å²) in [6.45, 7) is 2.60. The molecule has 0 atom stereocenters. The first-order valence-electron chi connectivity index (χ1n) is 6.56. The van der Waals surface area contributed by atoms with Gasteiger partial charge in [-0.15, -0.1) is 0 Å². The maximum absolute atomic E-state index is 11.9. The molecule has 0 saturated heterocycles. The van der Waals surface area contributed by atoms with Crippen LogP contribution in [-0.2, 0) is 6.54 Å². The van der Waals surface area contributed by atoms with Crippen molar-refractivity contribution in [3.63, 3.8) is 0 Å². The Morgan fingerprint density at radius 2 is 2.22 bits per heavy atom. The Balaban J connectivity index is 1.94. The topological polar surface area (TPSA) is 67.2 Å². The molecule has 4 N–H and O–H groups in total. The average molecular weight is 247 g/mol. The predicted octanol–water partition coefficient (Wildman–Crippen LogP) is 2.60. The number of nitrogens with two attached hydrogens (primary N) is 1. The van der Waals surface area contributed by atoms with Crippen LogP contribution < -0.4 is 16.4 Å². The number of nitrogens with one attached hydrogen (secondary N) is 2. The monoisotopic (exact) mass is 247 g/mol. The van der Waals surface area contributed by atoms with E-state index in [4.69, 9.17) is 5.73 Å². The molecule has 1 aromatic rings. The molecule has 2 amide bonds. The number of amides is 2. The van der Waals surface area contributed by atoms with E-state index in [9.17, 15) is 4.79 Å². The molecule has 0 radical (unpaired) electrons. The Morgan fingerprint density at radius 3 is 2.78 bits per heavy atom. The first-order chi connectivity index (χ1) is 8.67. The van der Waals surface area contributed by atoms with Crippen LogP contribution >= 0.6 is 0 Å². The summed E-state index contributed by atoms with van der Waals surface area (Å²) < 4.78 is 0. The summed E-state index contributed by atoms with van der Waals surface area (Å²) in [7, 11) is 0. The summed E-state index contributed by atoms with van der Waals surface area (Å²) in [5, 5.41) is 5.95. The summed E-state index contributed by atoms with van der Waals surface area (Å²) in [4.78, 5) is 11.9. The van der Waals surface area contributed by atoms with Gasteiger partial charge in [-0.05, 0) is 43.4 Å². The number of carbonyl (C=O) groups excluding carboxylic acids is 1. The van der Waals surface area contributed by atoms with Crippen LogP contribution in [-0.4, -0.2) is 11.6 Å². The van der Waals surface area contributed by atoms with E-state index in [1.807, 2.05) is 24.3 Å². The van der Waals surface area contributed by atoms with Crippen LogP contribution in [0.2, 0.25) is 0 Å². The first-order valence-corrected chi connectivity index (χ1v) is 6.56. The van der Waals surface area contributed by atoms with Crippen molar-refractivity contribution in [3.8, 4) is 0 Å². The van der Waals surface area contributed by atoms with Crippen molar-refractivity contribution in [1.82, 2.24) is 5.32 Å². The molecule has 98 valence electrons. The lowest BCUT2D eigenvalue weighted by Crippen LogP contribution is -2.54. The highest BCUT2D eigenvalue weighted by molar-refractivity contribution is 5.89. The van der Waals surface area contributed by atoms with Crippen molar-refractivity contribution in [2.24, 2.45) is 5.73 Å². The number of anilines is 1. The largest absolute Gasteiger partial charge is 0.332 e. The molecule has 1 aromatic carbocycles. The minimum absolute atomic E-state index is 0.0234.